The Morgan fingerprint density at radius 2 is 2.07 bits per heavy atom. The summed E-state index contributed by atoms with van der Waals surface area (Å²) in [6.45, 7) is 5.10. The highest BCUT2D eigenvalue weighted by molar-refractivity contribution is 5.96. The third-order valence-electron chi connectivity index (χ3n) is 2.91. The molecule has 0 aliphatic carbocycles. The Morgan fingerprint density at radius 3 is 2.47 bits per heavy atom. The molecule has 0 aromatic carbocycles. The molecule has 1 saturated heterocycles. The zero-order chi connectivity index (χ0) is 11.6. The van der Waals surface area contributed by atoms with Gasteiger partial charge in [0.15, 0.2) is 0 Å². The highest BCUT2D eigenvalue weighted by Crippen LogP contribution is 2.23. The van der Waals surface area contributed by atoms with Crippen molar-refractivity contribution in [3.63, 3.8) is 0 Å². The molecule has 0 radical (unpaired) electrons. The average Bonchev–Trinajstić information content (AvgIpc) is 2.10. The maximum atomic E-state index is 11.4. The van der Waals surface area contributed by atoms with Crippen molar-refractivity contribution in [1.82, 2.24) is 10.2 Å². The molecular formula is C9H18N4O2. The van der Waals surface area contributed by atoms with E-state index in [1.165, 1.54) is 0 Å². The lowest BCUT2D eigenvalue weighted by Gasteiger charge is -2.49. The second-order valence-electron chi connectivity index (χ2n) is 4.15. The largest absolute Gasteiger partial charge is 0.351 e. The average molecular weight is 214 g/mol. The van der Waals surface area contributed by atoms with Crippen LogP contribution in [0.5, 0.6) is 0 Å². The number of rotatable bonds is 3. The minimum absolute atomic E-state index is 0.179. The minimum atomic E-state index is -0.818. The number of carbonyl (C=O) groups excluding carboxylic acids is 2. The van der Waals surface area contributed by atoms with Crippen molar-refractivity contribution < 1.29 is 9.59 Å². The molecule has 0 aromatic rings. The molecule has 1 aliphatic rings. The fourth-order valence-corrected chi connectivity index (χ4v) is 1.65. The van der Waals surface area contributed by atoms with Crippen LogP contribution in [-0.4, -0.2) is 41.5 Å². The summed E-state index contributed by atoms with van der Waals surface area (Å²) in [7, 11) is 0. The maximum Gasteiger partial charge on any atom is 0.318 e. The van der Waals surface area contributed by atoms with Crippen LogP contribution in [-0.2, 0) is 4.79 Å². The molecule has 0 aromatic heterocycles. The van der Waals surface area contributed by atoms with E-state index in [-0.39, 0.29) is 17.5 Å². The van der Waals surface area contributed by atoms with Crippen molar-refractivity contribution in [3.05, 3.63) is 0 Å². The molecule has 15 heavy (non-hydrogen) atoms. The molecule has 5 N–H and O–H groups in total. The molecule has 6 heteroatoms. The fraction of sp³-hybridized carbons (Fsp3) is 0.778. The van der Waals surface area contributed by atoms with Gasteiger partial charge in [-0.05, 0) is 13.3 Å². The Labute approximate surface area is 89.0 Å². The Bertz CT molecular complexity index is 273. The Morgan fingerprint density at radius 1 is 1.53 bits per heavy atom. The molecule has 1 atom stereocenters. The number of amides is 3. The van der Waals surface area contributed by atoms with Crippen molar-refractivity contribution in [3.8, 4) is 0 Å². The number of primary amides is 1. The highest BCUT2D eigenvalue weighted by Gasteiger charge is 2.41. The summed E-state index contributed by atoms with van der Waals surface area (Å²) in [6, 6.07) is -1.18. The molecule has 6 nitrogen and oxygen atoms in total. The predicted octanol–water partition coefficient (Wildman–Crippen LogP) is -1.01. The van der Waals surface area contributed by atoms with E-state index in [9.17, 15) is 9.59 Å². The summed E-state index contributed by atoms with van der Waals surface area (Å²) < 4.78 is 0. The maximum absolute atomic E-state index is 11.4. The van der Waals surface area contributed by atoms with E-state index >= 15 is 0 Å². The molecule has 0 spiro atoms. The number of hydrogen-bond donors (Lipinski definition) is 3. The van der Waals surface area contributed by atoms with Crippen molar-refractivity contribution in [2.45, 2.75) is 31.8 Å². The second-order valence-corrected chi connectivity index (χ2v) is 4.15. The molecule has 1 aliphatic heterocycles. The smallest absolute Gasteiger partial charge is 0.318 e. The van der Waals surface area contributed by atoms with Crippen molar-refractivity contribution in [2.75, 3.05) is 13.1 Å². The predicted molar refractivity (Wildman–Crippen MR) is 56.0 cm³/mol. The standard InChI is InChI=1S/C9H18N4O2/c1-3-9(11)4-13(5-9)6(2)7(14)12-8(10)15/h6H,3-5,11H2,1-2H3,(H3,10,12,14,15). The first-order chi connectivity index (χ1) is 6.88. The first kappa shape index (κ1) is 11.9. The van der Waals surface area contributed by atoms with E-state index in [0.717, 1.165) is 6.42 Å². The lowest BCUT2D eigenvalue weighted by atomic mass is 9.87. The van der Waals surface area contributed by atoms with E-state index in [2.05, 4.69) is 5.32 Å². The number of likely N-dealkylation sites (tertiary alicyclic amines) is 1. The molecular weight excluding hydrogens is 196 g/mol. The van der Waals surface area contributed by atoms with Crippen LogP contribution in [0, 0.1) is 0 Å². The van der Waals surface area contributed by atoms with Crippen LogP contribution in [0.3, 0.4) is 0 Å². The van der Waals surface area contributed by atoms with Gasteiger partial charge in [0, 0.05) is 18.6 Å². The van der Waals surface area contributed by atoms with Gasteiger partial charge in [0.2, 0.25) is 5.91 Å². The van der Waals surface area contributed by atoms with Crippen molar-refractivity contribution in [1.29, 1.82) is 0 Å². The van der Waals surface area contributed by atoms with Gasteiger partial charge in [-0.1, -0.05) is 6.92 Å². The van der Waals surface area contributed by atoms with Crippen LogP contribution >= 0.6 is 0 Å². The van der Waals surface area contributed by atoms with Gasteiger partial charge in [0.25, 0.3) is 0 Å². The van der Waals surface area contributed by atoms with Gasteiger partial charge < -0.3 is 11.5 Å². The number of urea groups is 1. The lowest BCUT2D eigenvalue weighted by Crippen LogP contribution is -2.70. The first-order valence-electron chi connectivity index (χ1n) is 5.01. The second kappa shape index (κ2) is 4.16. The van der Waals surface area contributed by atoms with Gasteiger partial charge in [-0.2, -0.15) is 0 Å². The van der Waals surface area contributed by atoms with Crippen molar-refractivity contribution in [2.24, 2.45) is 11.5 Å². The minimum Gasteiger partial charge on any atom is -0.351 e. The summed E-state index contributed by atoms with van der Waals surface area (Å²) in [5, 5.41) is 2.05. The summed E-state index contributed by atoms with van der Waals surface area (Å²) in [6.07, 6.45) is 0.883. The summed E-state index contributed by atoms with van der Waals surface area (Å²) in [5.74, 6) is -0.374. The number of nitrogens with two attached hydrogens (primary N) is 2. The summed E-state index contributed by atoms with van der Waals surface area (Å²) >= 11 is 0. The van der Waals surface area contributed by atoms with Crippen LogP contribution in [0.25, 0.3) is 0 Å². The lowest BCUT2D eigenvalue weighted by molar-refractivity contribution is -0.127. The number of hydrogen-bond acceptors (Lipinski definition) is 4. The Hall–Kier alpha value is -1.14. The SMILES string of the molecule is CCC1(N)CN(C(C)C(=O)NC(N)=O)C1. The highest BCUT2D eigenvalue weighted by atomic mass is 16.2. The van der Waals surface area contributed by atoms with Crippen molar-refractivity contribution >= 4 is 11.9 Å². The van der Waals surface area contributed by atoms with Gasteiger partial charge in [-0.15, -0.1) is 0 Å². The molecule has 1 rings (SSSR count). The van der Waals surface area contributed by atoms with E-state index in [1.807, 2.05) is 11.8 Å². The van der Waals surface area contributed by atoms with E-state index < -0.39 is 6.03 Å². The zero-order valence-electron chi connectivity index (χ0n) is 9.12. The Balaban J connectivity index is 2.41. The topological polar surface area (TPSA) is 101 Å². The molecule has 86 valence electrons. The number of nitrogens with zero attached hydrogens (tertiary/aromatic N) is 1. The zero-order valence-corrected chi connectivity index (χ0v) is 9.12. The number of nitrogens with one attached hydrogen (secondary N) is 1. The van der Waals surface area contributed by atoms with Gasteiger partial charge in [-0.25, -0.2) is 4.79 Å². The Kier molecular flexibility index (Phi) is 3.31. The third kappa shape index (κ3) is 2.66. The molecule has 1 fully saturated rings. The van der Waals surface area contributed by atoms with Crippen LogP contribution in [0.15, 0.2) is 0 Å². The fourth-order valence-electron chi connectivity index (χ4n) is 1.65. The van der Waals surface area contributed by atoms with E-state index in [0.29, 0.717) is 13.1 Å². The molecule has 1 unspecified atom stereocenters. The van der Waals surface area contributed by atoms with Crippen LogP contribution in [0.4, 0.5) is 4.79 Å². The molecule has 0 bridgehead atoms. The quantitative estimate of drug-likeness (QED) is 0.560. The van der Waals surface area contributed by atoms with Gasteiger partial charge in [-0.3, -0.25) is 15.0 Å². The van der Waals surface area contributed by atoms with Crippen LogP contribution < -0.4 is 16.8 Å². The summed E-state index contributed by atoms with van der Waals surface area (Å²) in [4.78, 5) is 23.8. The molecule has 1 heterocycles. The van der Waals surface area contributed by atoms with Crippen LogP contribution in [0.2, 0.25) is 0 Å². The molecule has 0 saturated carbocycles. The van der Waals surface area contributed by atoms with Gasteiger partial charge in [0.05, 0.1) is 6.04 Å². The van der Waals surface area contributed by atoms with Crippen LogP contribution in [0.1, 0.15) is 20.3 Å². The number of imide groups is 1. The molecule has 3 amide bonds. The monoisotopic (exact) mass is 214 g/mol. The number of carbonyl (C=O) groups is 2. The van der Waals surface area contributed by atoms with Gasteiger partial charge in [0.1, 0.15) is 0 Å². The van der Waals surface area contributed by atoms with E-state index in [4.69, 9.17) is 11.5 Å². The van der Waals surface area contributed by atoms with E-state index in [1.54, 1.807) is 6.92 Å². The summed E-state index contributed by atoms with van der Waals surface area (Å²) in [5.41, 5.74) is 10.6. The first-order valence-corrected chi connectivity index (χ1v) is 5.01. The normalized spacial score (nSPS) is 21.5. The van der Waals surface area contributed by atoms with Gasteiger partial charge >= 0.3 is 6.03 Å². The third-order valence-corrected chi connectivity index (χ3v) is 2.91.